The minimum absolute atomic E-state index is 0.199. The fourth-order valence-electron chi connectivity index (χ4n) is 1.47. The monoisotopic (exact) mass is 252 g/mol. The number of aromatic hydroxyl groups is 2. The smallest absolute Gasteiger partial charge is 0.123 e. The second-order valence-electron chi connectivity index (χ2n) is 3.12. The van der Waals surface area contributed by atoms with E-state index >= 15 is 0 Å². The zero-order valence-corrected chi connectivity index (χ0v) is 8.95. The van der Waals surface area contributed by atoms with E-state index in [9.17, 15) is 10.2 Å². The molecule has 1 aromatic rings. The molecule has 0 fully saturated rings. The second kappa shape index (κ2) is 3.50. The molecule has 0 aliphatic heterocycles. The Labute approximate surface area is 90.3 Å². The van der Waals surface area contributed by atoms with E-state index < -0.39 is 0 Å². The molecule has 0 unspecified atom stereocenters. The molecule has 0 heterocycles. The minimum Gasteiger partial charge on any atom is -0.508 e. The Balaban J connectivity index is 2.63. The number of hydrogen-bond acceptors (Lipinski definition) is 2. The number of hydrogen-bond donors (Lipinski definition) is 2. The van der Waals surface area contributed by atoms with Gasteiger partial charge in [0.15, 0.2) is 0 Å². The number of phenolic OH excluding ortho intramolecular Hbond substituents is 2. The van der Waals surface area contributed by atoms with Gasteiger partial charge in [-0.2, -0.15) is 0 Å². The van der Waals surface area contributed by atoms with Crippen LogP contribution in [-0.2, 0) is 6.42 Å². The summed E-state index contributed by atoms with van der Waals surface area (Å²) < 4.78 is 0.951. The summed E-state index contributed by atoms with van der Waals surface area (Å²) in [4.78, 5) is 0. The van der Waals surface area contributed by atoms with Crippen LogP contribution in [0.15, 0.2) is 28.8 Å². The van der Waals surface area contributed by atoms with Crippen LogP contribution in [0.5, 0.6) is 11.5 Å². The van der Waals surface area contributed by atoms with Crippen molar-refractivity contribution in [3.05, 3.63) is 39.9 Å². The van der Waals surface area contributed by atoms with Gasteiger partial charge < -0.3 is 10.2 Å². The highest BCUT2D eigenvalue weighted by Crippen LogP contribution is 2.33. The summed E-state index contributed by atoms with van der Waals surface area (Å²) in [7, 11) is 0. The number of rotatable bonds is 0. The Morgan fingerprint density at radius 2 is 1.79 bits per heavy atom. The molecule has 0 saturated carbocycles. The quantitative estimate of drug-likeness (QED) is 0.698. The van der Waals surface area contributed by atoms with Crippen molar-refractivity contribution in [2.24, 2.45) is 0 Å². The summed E-state index contributed by atoms with van der Waals surface area (Å²) in [5, 5.41) is 19.2. The van der Waals surface area contributed by atoms with E-state index in [0.29, 0.717) is 12.0 Å². The van der Waals surface area contributed by atoms with Crippen molar-refractivity contribution in [3.8, 4) is 11.5 Å². The summed E-state index contributed by atoms with van der Waals surface area (Å²) >= 11 is 3.36. The van der Waals surface area contributed by atoms with Crippen LogP contribution in [0.4, 0.5) is 0 Å². The molecule has 1 aliphatic carbocycles. The Bertz CT molecular complexity index is 433. The van der Waals surface area contributed by atoms with Gasteiger partial charge in [0.05, 0.1) is 0 Å². The molecule has 14 heavy (non-hydrogen) atoms. The first-order valence-corrected chi connectivity index (χ1v) is 5.05. The summed E-state index contributed by atoms with van der Waals surface area (Å²) in [5.74, 6) is 0.422. The van der Waals surface area contributed by atoms with Crippen molar-refractivity contribution < 1.29 is 10.2 Å². The van der Waals surface area contributed by atoms with Gasteiger partial charge in [0.25, 0.3) is 0 Å². The van der Waals surface area contributed by atoms with E-state index in [2.05, 4.69) is 15.9 Å². The average molecular weight is 253 g/mol. The number of phenols is 2. The normalized spacial score (nSPS) is 14.5. The third kappa shape index (κ3) is 1.55. The fourth-order valence-corrected chi connectivity index (χ4v) is 1.77. The van der Waals surface area contributed by atoms with Gasteiger partial charge in [-0.1, -0.05) is 22.0 Å². The first-order valence-electron chi connectivity index (χ1n) is 4.26. The summed E-state index contributed by atoms with van der Waals surface area (Å²) in [5.41, 5.74) is 1.45. The van der Waals surface area contributed by atoms with E-state index in [1.54, 1.807) is 6.08 Å². The molecule has 0 bridgehead atoms. The van der Waals surface area contributed by atoms with Crippen LogP contribution < -0.4 is 0 Å². The zero-order chi connectivity index (χ0) is 10.1. The maximum Gasteiger partial charge on any atom is 0.123 e. The molecule has 0 saturated heterocycles. The first kappa shape index (κ1) is 9.34. The lowest BCUT2D eigenvalue weighted by Crippen LogP contribution is -1.87. The molecule has 3 heteroatoms. The van der Waals surface area contributed by atoms with Crippen LogP contribution in [0.3, 0.4) is 0 Å². The number of halogens is 1. The van der Waals surface area contributed by atoms with Crippen molar-refractivity contribution in [3.63, 3.8) is 0 Å². The predicted molar refractivity (Wildman–Crippen MR) is 59.5 cm³/mol. The van der Waals surface area contributed by atoms with Gasteiger partial charge in [0, 0.05) is 15.6 Å². The Kier molecular flexibility index (Phi) is 2.33. The van der Waals surface area contributed by atoms with E-state index in [4.69, 9.17) is 0 Å². The molecule has 0 amide bonds. The molecular formula is C11H9BrO2. The Morgan fingerprint density at radius 1 is 1.07 bits per heavy atom. The van der Waals surface area contributed by atoms with E-state index in [-0.39, 0.29) is 11.5 Å². The Hall–Kier alpha value is -1.22. The van der Waals surface area contributed by atoms with Gasteiger partial charge in [-0.05, 0) is 30.7 Å². The fraction of sp³-hybridized carbons (Fsp3) is 0.0909. The summed E-state index contributed by atoms with van der Waals surface area (Å²) in [6.07, 6.45) is 6.20. The first-order chi connectivity index (χ1) is 6.68. The highest BCUT2D eigenvalue weighted by atomic mass is 79.9. The topological polar surface area (TPSA) is 40.5 Å². The maximum atomic E-state index is 9.60. The van der Waals surface area contributed by atoms with Crippen molar-refractivity contribution in [1.82, 2.24) is 0 Å². The highest BCUT2D eigenvalue weighted by Gasteiger charge is 2.11. The second-order valence-corrected chi connectivity index (χ2v) is 4.04. The van der Waals surface area contributed by atoms with E-state index in [1.165, 1.54) is 12.1 Å². The van der Waals surface area contributed by atoms with Gasteiger partial charge in [-0.3, -0.25) is 0 Å². The van der Waals surface area contributed by atoms with Gasteiger partial charge in [0.2, 0.25) is 0 Å². The van der Waals surface area contributed by atoms with Crippen LogP contribution in [0, 0.1) is 0 Å². The van der Waals surface area contributed by atoms with Crippen molar-refractivity contribution in [1.29, 1.82) is 0 Å². The minimum atomic E-state index is 0.199. The number of allylic oxidation sites excluding steroid dienone is 3. The molecule has 0 spiro atoms. The van der Waals surface area contributed by atoms with Crippen molar-refractivity contribution in [2.75, 3.05) is 0 Å². The van der Waals surface area contributed by atoms with Gasteiger partial charge in [-0.15, -0.1) is 0 Å². The van der Waals surface area contributed by atoms with Gasteiger partial charge in [-0.25, -0.2) is 0 Å². The Morgan fingerprint density at radius 3 is 2.57 bits per heavy atom. The lowest BCUT2D eigenvalue weighted by molar-refractivity contribution is 0.454. The molecule has 2 rings (SSSR count). The third-order valence-electron chi connectivity index (χ3n) is 2.22. The zero-order valence-electron chi connectivity index (χ0n) is 7.37. The van der Waals surface area contributed by atoms with E-state index in [1.807, 2.05) is 12.2 Å². The van der Waals surface area contributed by atoms with Crippen molar-refractivity contribution >= 4 is 22.0 Å². The van der Waals surface area contributed by atoms with Crippen LogP contribution in [0.25, 0.3) is 6.08 Å². The average Bonchev–Trinajstić information content (AvgIpc) is 2.35. The third-order valence-corrected chi connectivity index (χ3v) is 2.81. The molecule has 1 aromatic carbocycles. The molecule has 0 atom stereocenters. The number of benzene rings is 1. The molecule has 1 aliphatic rings. The molecule has 2 N–H and O–H groups in total. The lowest BCUT2D eigenvalue weighted by atomic mass is 10.0. The van der Waals surface area contributed by atoms with Crippen LogP contribution in [0.2, 0.25) is 0 Å². The SMILES string of the molecule is Oc1ccc(O)c2c1C=CC(Br)=CC2. The van der Waals surface area contributed by atoms with Crippen molar-refractivity contribution in [2.45, 2.75) is 6.42 Å². The standard InChI is InChI=1S/C11H9BrO2/c12-7-1-3-8-9(4-2-7)11(14)6-5-10(8)13/h1-3,5-6,13-14H,4H2. The van der Waals surface area contributed by atoms with E-state index in [0.717, 1.165) is 10.0 Å². The largest absolute Gasteiger partial charge is 0.508 e. The lowest BCUT2D eigenvalue weighted by Gasteiger charge is -2.07. The predicted octanol–water partition coefficient (Wildman–Crippen LogP) is 2.95. The summed E-state index contributed by atoms with van der Waals surface area (Å²) in [6, 6.07) is 3.01. The van der Waals surface area contributed by atoms with Crippen LogP contribution in [0.1, 0.15) is 11.1 Å². The molecule has 72 valence electrons. The molecule has 0 aromatic heterocycles. The highest BCUT2D eigenvalue weighted by molar-refractivity contribution is 9.11. The van der Waals surface area contributed by atoms with Gasteiger partial charge in [0.1, 0.15) is 11.5 Å². The van der Waals surface area contributed by atoms with Crippen LogP contribution >= 0.6 is 15.9 Å². The van der Waals surface area contributed by atoms with Crippen LogP contribution in [-0.4, -0.2) is 10.2 Å². The molecular weight excluding hydrogens is 244 g/mol. The maximum absolute atomic E-state index is 9.60. The summed E-state index contributed by atoms with van der Waals surface area (Å²) in [6.45, 7) is 0. The molecule has 0 radical (unpaired) electrons. The number of fused-ring (bicyclic) bond motifs is 1. The molecule has 2 nitrogen and oxygen atoms in total. The van der Waals surface area contributed by atoms with Gasteiger partial charge >= 0.3 is 0 Å².